The Labute approximate surface area is 111 Å². The van der Waals surface area contributed by atoms with Crippen molar-refractivity contribution in [3.05, 3.63) is 47.2 Å². The number of aromatic hydroxyl groups is 1. The third kappa shape index (κ3) is 1.94. The van der Waals surface area contributed by atoms with Crippen LogP contribution in [0.3, 0.4) is 0 Å². The molecule has 2 nitrogen and oxygen atoms in total. The zero-order valence-electron chi connectivity index (χ0n) is 9.02. The van der Waals surface area contributed by atoms with Gasteiger partial charge in [-0.25, -0.2) is 9.37 Å². The Morgan fingerprint density at radius 1 is 1.17 bits per heavy atom. The number of thiazole rings is 1. The van der Waals surface area contributed by atoms with Gasteiger partial charge in [0, 0.05) is 11.1 Å². The lowest BCUT2D eigenvalue weighted by Crippen LogP contribution is -1.79. The van der Waals surface area contributed by atoms with Crippen LogP contribution in [0.5, 0.6) is 5.75 Å². The van der Waals surface area contributed by atoms with Crippen molar-refractivity contribution < 1.29 is 9.50 Å². The van der Waals surface area contributed by atoms with Crippen molar-refractivity contribution in [2.45, 2.75) is 0 Å². The highest BCUT2D eigenvalue weighted by molar-refractivity contribution is 7.21. The summed E-state index contributed by atoms with van der Waals surface area (Å²) >= 11 is 7.31. The zero-order valence-corrected chi connectivity index (χ0v) is 10.6. The molecule has 1 aromatic heterocycles. The molecule has 0 saturated carbocycles. The number of phenols is 1. The first-order chi connectivity index (χ1) is 8.63. The van der Waals surface area contributed by atoms with E-state index in [0.717, 1.165) is 16.3 Å². The van der Waals surface area contributed by atoms with E-state index in [1.807, 2.05) is 12.1 Å². The van der Waals surface area contributed by atoms with Crippen LogP contribution in [0.25, 0.3) is 20.8 Å². The molecular weight excluding hydrogens is 273 g/mol. The minimum atomic E-state index is -0.472. The zero-order chi connectivity index (χ0) is 12.7. The molecule has 0 saturated heterocycles. The molecule has 0 aliphatic rings. The van der Waals surface area contributed by atoms with E-state index in [2.05, 4.69) is 4.98 Å². The number of hydrogen-bond donors (Lipinski definition) is 1. The summed E-state index contributed by atoms with van der Waals surface area (Å²) in [7, 11) is 0. The van der Waals surface area contributed by atoms with Crippen LogP contribution in [-0.4, -0.2) is 10.1 Å². The number of hydrogen-bond acceptors (Lipinski definition) is 3. The largest absolute Gasteiger partial charge is 0.507 e. The van der Waals surface area contributed by atoms with Gasteiger partial charge in [-0.2, -0.15) is 0 Å². The van der Waals surface area contributed by atoms with Crippen molar-refractivity contribution in [1.82, 2.24) is 4.98 Å². The van der Waals surface area contributed by atoms with Crippen molar-refractivity contribution in [1.29, 1.82) is 0 Å². The molecule has 5 heteroatoms. The first-order valence-electron chi connectivity index (χ1n) is 5.18. The quantitative estimate of drug-likeness (QED) is 0.713. The van der Waals surface area contributed by atoms with Crippen molar-refractivity contribution in [3.63, 3.8) is 0 Å². The summed E-state index contributed by atoms with van der Waals surface area (Å²) in [5.74, 6) is -0.583. The van der Waals surface area contributed by atoms with E-state index < -0.39 is 5.82 Å². The Kier molecular flexibility index (Phi) is 2.69. The second kappa shape index (κ2) is 4.23. The van der Waals surface area contributed by atoms with Gasteiger partial charge in [-0.1, -0.05) is 11.6 Å². The van der Waals surface area contributed by atoms with E-state index in [1.165, 1.54) is 23.5 Å². The molecule has 0 bridgehead atoms. The second-order valence-corrected chi connectivity index (χ2v) is 5.26. The SMILES string of the molecule is Oc1cc(F)ccc1-c1nc2ccc(Cl)cc2s1. The molecule has 0 aliphatic heterocycles. The summed E-state index contributed by atoms with van der Waals surface area (Å²) in [5, 5.41) is 11.0. The van der Waals surface area contributed by atoms with Crippen LogP contribution in [0.2, 0.25) is 5.02 Å². The van der Waals surface area contributed by atoms with Crippen LogP contribution in [-0.2, 0) is 0 Å². The molecule has 1 N–H and O–H groups in total. The number of aromatic nitrogens is 1. The maximum atomic E-state index is 12.9. The molecule has 18 heavy (non-hydrogen) atoms. The number of benzene rings is 2. The Morgan fingerprint density at radius 3 is 2.78 bits per heavy atom. The number of nitrogens with zero attached hydrogens (tertiary/aromatic N) is 1. The van der Waals surface area contributed by atoms with Gasteiger partial charge in [0.2, 0.25) is 0 Å². The third-order valence-corrected chi connectivity index (χ3v) is 3.83. The highest BCUT2D eigenvalue weighted by Crippen LogP contribution is 2.36. The first-order valence-corrected chi connectivity index (χ1v) is 6.38. The van der Waals surface area contributed by atoms with E-state index in [0.29, 0.717) is 15.6 Å². The smallest absolute Gasteiger partial charge is 0.128 e. The maximum Gasteiger partial charge on any atom is 0.128 e. The van der Waals surface area contributed by atoms with Crippen molar-refractivity contribution in [2.24, 2.45) is 0 Å². The summed E-state index contributed by atoms with van der Waals surface area (Å²) in [6.07, 6.45) is 0. The third-order valence-electron chi connectivity index (χ3n) is 2.54. The fraction of sp³-hybridized carbons (Fsp3) is 0. The topological polar surface area (TPSA) is 33.1 Å². The number of fused-ring (bicyclic) bond motifs is 1. The second-order valence-electron chi connectivity index (χ2n) is 3.79. The van der Waals surface area contributed by atoms with E-state index in [-0.39, 0.29) is 5.75 Å². The Balaban J connectivity index is 2.19. The molecule has 0 radical (unpaired) electrons. The van der Waals surface area contributed by atoms with Gasteiger partial charge >= 0.3 is 0 Å². The van der Waals surface area contributed by atoms with E-state index in [1.54, 1.807) is 6.07 Å². The molecule has 0 fully saturated rings. The minimum absolute atomic E-state index is 0.111. The van der Waals surface area contributed by atoms with E-state index in [9.17, 15) is 9.50 Å². The van der Waals surface area contributed by atoms with Crippen LogP contribution >= 0.6 is 22.9 Å². The monoisotopic (exact) mass is 279 g/mol. The van der Waals surface area contributed by atoms with Gasteiger partial charge in [-0.15, -0.1) is 11.3 Å². The summed E-state index contributed by atoms with van der Waals surface area (Å²) in [6.45, 7) is 0. The predicted octanol–water partition coefficient (Wildman–Crippen LogP) is 4.46. The summed E-state index contributed by atoms with van der Waals surface area (Å²) < 4.78 is 13.9. The number of phenolic OH excluding ortho intramolecular Hbond substituents is 1. The van der Waals surface area contributed by atoms with Gasteiger partial charge in [0.05, 0.1) is 15.8 Å². The fourth-order valence-electron chi connectivity index (χ4n) is 1.70. The standard InChI is InChI=1S/C13H7ClFNOS/c14-7-1-4-10-12(5-7)18-13(16-10)9-3-2-8(15)6-11(9)17/h1-6,17H. The van der Waals surface area contributed by atoms with E-state index >= 15 is 0 Å². The molecule has 0 spiro atoms. The lowest BCUT2D eigenvalue weighted by atomic mass is 10.2. The van der Waals surface area contributed by atoms with E-state index in [4.69, 9.17) is 11.6 Å². The molecular formula is C13H7ClFNOS. The lowest BCUT2D eigenvalue weighted by molar-refractivity contribution is 0.471. The molecule has 0 unspecified atom stereocenters. The fourth-order valence-corrected chi connectivity index (χ4v) is 2.98. The van der Waals surface area contributed by atoms with Gasteiger partial charge in [0.1, 0.15) is 16.6 Å². The summed E-state index contributed by atoms with van der Waals surface area (Å²) in [5.41, 5.74) is 1.33. The van der Waals surface area contributed by atoms with Crippen LogP contribution in [0.1, 0.15) is 0 Å². The molecule has 90 valence electrons. The maximum absolute atomic E-state index is 12.9. The molecule has 1 heterocycles. The van der Waals surface area contributed by atoms with Crippen LogP contribution in [0.15, 0.2) is 36.4 Å². The number of rotatable bonds is 1. The normalized spacial score (nSPS) is 11.0. The molecule has 3 rings (SSSR count). The average Bonchev–Trinajstić information content (AvgIpc) is 2.71. The summed E-state index contributed by atoms with van der Waals surface area (Å²) in [6, 6.07) is 9.29. The number of halogens is 2. The summed E-state index contributed by atoms with van der Waals surface area (Å²) in [4.78, 5) is 4.39. The first kappa shape index (κ1) is 11.4. The van der Waals surface area contributed by atoms with Crippen LogP contribution in [0, 0.1) is 5.82 Å². The lowest BCUT2D eigenvalue weighted by Gasteiger charge is -1.99. The molecule has 0 aliphatic carbocycles. The Bertz CT molecular complexity index is 741. The minimum Gasteiger partial charge on any atom is -0.507 e. The van der Waals surface area contributed by atoms with Crippen LogP contribution < -0.4 is 0 Å². The van der Waals surface area contributed by atoms with Crippen molar-refractivity contribution >= 4 is 33.2 Å². The Morgan fingerprint density at radius 2 is 2.00 bits per heavy atom. The van der Waals surface area contributed by atoms with Crippen molar-refractivity contribution in [2.75, 3.05) is 0 Å². The highest BCUT2D eigenvalue weighted by atomic mass is 35.5. The highest BCUT2D eigenvalue weighted by Gasteiger charge is 2.11. The van der Waals surface area contributed by atoms with Crippen LogP contribution in [0.4, 0.5) is 4.39 Å². The van der Waals surface area contributed by atoms with Gasteiger partial charge < -0.3 is 5.11 Å². The van der Waals surface area contributed by atoms with Gasteiger partial charge in [-0.05, 0) is 30.3 Å². The van der Waals surface area contributed by atoms with Crippen molar-refractivity contribution in [3.8, 4) is 16.3 Å². The molecule has 3 aromatic rings. The van der Waals surface area contributed by atoms with Gasteiger partial charge in [0.25, 0.3) is 0 Å². The van der Waals surface area contributed by atoms with Gasteiger partial charge in [-0.3, -0.25) is 0 Å². The molecule has 0 atom stereocenters. The predicted molar refractivity (Wildman–Crippen MR) is 71.7 cm³/mol. The average molecular weight is 280 g/mol. The van der Waals surface area contributed by atoms with Gasteiger partial charge in [0.15, 0.2) is 0 Å². The Hall–Kier alpha value is -1.65. The molecule has 0 amide bonds. The molecule has 2 aromatic carbocycles.